The summed E-state index contributed by atoms with van der Waals surface area (Å²) in [6, 6.07) is 4.78. The molecule has 17 heavy (non-hydrogen) atoms. The second-order valence-electron chi connectivity index (χ2n) is 4.09. The van der Waals surface area contributed by atoms with Crippen LogP contribution in [0.1, 0.15) is 29.3 Å². The molecule has 0 saturated carbocycles. The number of carbonyl (C=O) groups is 1. The van der Waals surface area contributed by atoms with Crippen LogP contribution in [-0.2, 0) is 0 Å². The number of hydrogen-bond donors (Lipinski definition) is 2. The van der Waals surface area contributed by atoms with Gasteiger partial charge in [-0.25, -0.2) is 0 Å². The van der Waals surface area contributed by atoms with Gasteiger partial charge in [-0.3, -0.25) is 4.79 Å². The molecule has 1 atom stereocenters. The Kier molecular flexibility index (Phi) is 5.35. The molecule has 1 unspecified atom stereocenters. The standard InChI is InChI=1S/C13H19NO2S/c1-9-8-11(15)4-5-12(9)13(16)14-7-6-10(2)17-3/h4-5,8,10,15H,6-7H2,1-3H3,(H,14,16). The summed E-state index contributed by atoms with van der Waals surface area (Å²) in [6.07, 6.45) is 3.03. The number of amides is 1. The Morgan fingerprint density at radius 2 is 2.24 bits per heavy atom. The number of rotatable bonds is 5. The Morgan fingerprint density at radius 1 is 1.53 bits per heavy atom. The maximum Gasteiger partial charge on any atom is 0.251 e. The van der Waals surface area contributed by atoms with Gasteiger partial charge in [0, 0.05) is 17.4 Å². The smallest absolute Gasteiger partial charge is 0.251 e. The Hall–Kier alpha value is -1.16. The van der Waals surface area contributed by atoms with Crippen molar-refractivity contribution in [3.63, 3.8) is 0 Å². The molecule has 4 heteroatoms. The first kappa shape index (κ1) is 13.9. The zero-order valence-corrected chi connectivity index (χ0v) is 11.3. The lowest BCUT2D eigenvalue weighted by Gasteiger charge is -2.10. The highest BCUT2D eigenvalue weighted by molar-refractivity contribution is 7.99. The quantitative estimate of drug-likeness (QED) is 0.848. The maximum atomic E-state index is 11.8. The lowest BCUT2D eigenvalue weighted by molar-refractivity contribution is 0.0952. The maximum absolute atomic E-state index is 11.8. The van der Waals surface area contributed by atoms with Crippen molar-refractivity contribution >= 4 is 17.7 Å². The highest BCUT2D eigenvalue weighted by Gasteiger charge is 2.09. The zero-order chi connectivity index (χ0) is 12.8. The van der Waals surface area contributed by atoms with Crippen LogP contribution in [0.4, 0.5) is 0 Å². The number of aryl methyl sites for hydroxylation is 1. The molecule has 0 aliphatic heterocycles. The molecule has 1 rings (SSSR count). The minimum absolute atomic E-state index is 0.0733. The lowest BCUT2D eigenvalue weighted by atomic mass is 10.1. The minimum Gasteiger partial charge on any atom is -0.508 e. The fourth-order valence-electron chi connectivity index (χ4n) is 1.50. The number of carbonyl (C=O) groups excluding carboxylic acids is 1. The van der Waals surface area contributed by atoms with E-state index in [9.17, 15) is 9.90 Å². The molecule has 0 saturated heterocycles. The number of phenols is 1. The molecular weight excluding hydrogens is 234 g/mol. The first-order valence-corrected chi connectivity index (χ1v) is 6.94. The molecule has 0 aliphatic carbocycles. The Balaban J connectivity index is 2.52. The van der Waals surface area contributed by atoms with E-state index < -0.39 is 0 Å². The SMILES string of the molecule is CSC(C)CCNC(=O)c1ccc(O)cc1C. The van der Waals surface area contributed by atoms with Gasteiger partial charge in [0.1, 0.15) is 5.75 Å². The largest absolute Gasteiger partial charge is 0.508 e. The van der Waals surface area contributed by atoms with E-state index in [1.807, 2.05) is 6.92 Å². The number of nitrogens with one attached hydrogen (secondary N) is 1. The van der Waals surface area contributed by atoms with E-state index in [-0.39, 0.29) is 11.7 Å². The predicted octanol–water partition coefficient (Wildman–Crippen LogP) is 2.57. The summed E-state index contributed by atoms with van der Waals surface area (Å²) in [4.78, 5) is 11.8. The van der Waals surface area contributed by atoms with Crippen LogP contribution < -0.4 is 5.32 Å². The highest BCUT2D eigenvalue weighted by atomic mass is 32.2. The van der Waals surface area contributed by atoms with E-state index in [4.69, 9.17) is 0 Å². The van der Waals surface area contributed by atoms with Gasteiger partial charge in [0.05, 0.1) is 0 Å². The van der Waals surface area contributed by atoms with Gasteiger partial charge in [-0.2, -0.15) is 11.8 Å². The molecule has 1 aromatic rings. The summed E-state index contributed by atoms with van der Waals surface area (Å²) in [7, 11) is 0. The molecule has 0 fully saturated rings. The van der Waals surface area contributed by atoms with E-state index in [2.05, 4.69) is 18.5 Å². The van der Waals surface area contributed by atoms with Crippen LogP contribution in [0, 0.1) is 6.92 Å². The molecule has 94 valence electrons. The molecule has 3 nitrogen and oxygen atoms in total. The van der Waals surface area contributed by atoms with Crippen LogP contribution >= 0.6 is 11.8 Å². The molecule has 2 N–H and O–H groups in total. The van der Waals surface area contributed by atoms with Crippen molar-refractivity contribution in [1.82, 2.24) is 5.32 Å². The molecule has 0 heterocycles. The number of aromatic hydroxyl groups is 1. The van der Waals surface area contributed by atoms with Crippen molar-refractivity contribution in [3.8, 4) is 5.75 Å². The van der Waals surface area contributed by atoms with Gasteiger partial charge in [-0.05, 0) is 43.4 Å². The van der Waals surface area contributed by atoms with Crippen LogP contribution in [0.2, 0.25) is 0 Å². The molecule has 0 aliphatic rings. The number of benzene rings is 1. The molecule has 0 spiro atoms. The van der Waals surface area contributed by atoms with Crippen molar-refractivity contribution in [2.45, 2.75) is 25.5 Å². The monoisotopic (exact) mass is 253 g/mol. The van der Waals surface area contributed by atoms with Crippen molar-refractivity contribution in [1.29, 1.82) is 0 Å². The van der Waals surface area contributed by atoms with Gasteiger partial charge in [0.2, 0.25) is 0 Å². The van der Waals surface area contributed by atoms with Crippen LogP contribution in [0.3, 0.4) is 0 Å². The van der Waals surface area contributed by atoms with E-state index in [1.165, 1.54) is 6.07 Å². The van der Waals surface area contributed by atoms with Crippen LogP contribution in [0.5, 0.6) is 5.75 Å². The van der Waals surface area contributed by atoms with E-state index in [0.717, 1.165) is 12.0 Å². The van der Waals surface area contributed by atoms with Gasteiger partial charge in [0.25, 0.3) is 5.91 Å². The topological polar surface area (TPSA) is 49.3 Å². The second kappa shape index (κ2) is 6.55. The van der Waals surface area contributed by atoms with Crippen LogP contribution in [0.15, 0.2) is 18.2 Å². The Labute approximate surface area is 107 Å². The molecule has 1 aromatic carbocycles. The molecule has 0 aromatic heterocycles. The predicted molar refractivity (Wildman–Crippen MR) is 72.8 cm³/mol. The second-order valence-corrected chi connectivity index (χ2v) is 5.37. The molecule has 0 radical (unpaired) electrons. The third kappa shape index (κ3) is 4.30. The van der Waals surface area contributed by atoms with Crippen molar-refractivity contribution in [2.24, 2.45) is 0 Å². The van der Waals surface area contributed by atoms with E-state index >= 15 is 0 Å². The van der Waals surface area contributed by atoms with Gasteiger partial charge >= 0.3 is 0 Å². The summed E-state index contributed by atoms with van der Waals surface area (Å²) < 4.78 is 0. The fourth-order valence-corrected chi connectivity index (χ4v) is 1.86. The fraction of sp³-hybridized carbons (Fsp3) is 0.462. The van der Waals surface area contributed by atoms with E-state index in [0.29, 0.717) is 17.4 Å². The molecular formula is C13H19NO2S. The van der Waals surface area contributed by atoms with Crippen molar-refractivity contribution < 1.29 is 9.90 Å². The average molecular weight is 253 g/mol. The normalized spacial score (nSPS) is 12.2. The molecule has 1 amide bonds. The lowest BCUT2D eigenvalue weighted by Crippen LogP contribution is -2.26. The summed E-state index contributed by atoms with van der Waals surface area (Å²) >= 11 is 1.79. The van der Waals surface area contributed by atoms with Gasteiger partial charge < -0.3 is 10.4 Å². The van der Waals surface area contributed by atoms with Crippen molar-refractivity contribution in [2.75, 3.05) is 12.8 Å². The Morgan fingerprint density at radius 3 is 2.82 bits per heavy atom. The Bertz CT molecular complexity index is 393. The summed E-state index contributed by atoms with van der Waals surface area (Å²) in [5.41, 5.74) is 1.42. The number of thioether (sulfide) groups is 1. The van der Waals surface area contributed by atoms with Crippen LogP contribution in [-0.4, -0.2) is 29.1 Å². The summed E-state index contributed by atoms with van der Waals surface area (Å²) in [5.74, 6) is 0.117. The first-order valence-electron chi connectivity index (χ1n) is 5.65. The van der Waals surface area contributed by atoms with E-state index in [1.54, 1.807) is 23.9 Å². The van der Waals surface area contributed by atoms with Crippen molar-refractivity contribution in [3.05, 3.63) is 29.3 Å². The number of phenolic OH excluding ortho intramolecular Hbond substituents is 1. The third-order valence-electron chi connectivity index (χ3n) is 2.69. The summed E-state index contributed by atoms with van der Waals surface area (Å²) in [6.45, 7) is 4.64. The van der Waals surface area contributed by atoms with Gasteiger partial charge in [-0.1, -0.05) is 6.92 Å². The van der Waals surface area contributed by atoms with Gasteiger partial charge in [0.15, 0.2) is 0 Å². The highest BCUT2D eigenvalue weighted by Crippen LogP contribution is 2.15. The number of hydrogen-bond acceptors (Lipinski definition) is 3. The molecule has 0 bridgehead atoms. The van der Waals surface area contributed by atoms with Crippen LogP contribution in [0.25, 0.3) is 0 Å². The van der Waals surface area contributed by atoms with Gasteiger partial charge in [-0.15, -0.1) is 0 Å². The summed E-state index contributed by atoms with van der Waals surface area (Å²) in [5, 5.41) is 12.7. The minimum atomic E-state index is -0.0733. The average Bonchev–Trinajstić information content (AvgIpc) is 2.28. The zero-order valence-electron chi connectivity index (χ0n) is 10.5. The first-order chi connectivity index (χ1) is 8.04. The third-order valence-corrected chi connectivity index (χ3v) is 3.73.